The summed E-state index contributed by atoms with van der Waals surface area (Å²) in [6.07, 6.45) is 2.16. The fraction of sp³-hybridized carbons (Fsp3) is 0.321. The van der Waals surface area contributed by atoms with E-state index in [-0.39, 0.29) is 17.6 Å². The highest BCUT2D eigenvalue weighted by Crippen LogP contribution is 2.52. The number of benzene rings is 2. The first-order valence-corrected chi connectivity index (χ1v) is 13.7. The molecule has 0 aromatic heterocycles. The molecule has 0 radical (unpaired) electrons. The first kappa shape index (κ1) is 25.1. The number of nitrogens with zero attached hydrogens (tertiary/aromatic N) is 3. The zero-order valence-electron chi connectivity index (χ0n) is 21.3. The van der Waals surface area contributed by atoms with Gasteiger partial charge in [0.2, 0.25) is 0 Å². The van der Waals surface area contributed by atoms with Crippen LogP contribution in [0.25, 0.3) is 11.1 Å². The Balaban J connectivity index is 1.34. The monoisotopic (exact) mass is 550 g/mol. The number of methoxy groups -OCH3 is 1. The number of piperazine rings is 1. The topological polar surface area (TPSA) is 65.1 Å². The van der Waals surface area contributed by atoms with E-state index < -0.39 is 5.54 Å². The molecule has 7 nitrogen and oxygen atoms in total. The Morgan fingerprint density at radius 3 is 2.39 bits per heavy atom. The van der Waals surface area contributed by atoms with E-state index in [9.17, 15) is 14.0 Å². The van der Waals surface area contributed by atoms with Crippen LogP contribution in [0, 0.1) is 5.82 Å². The molecule has 2 aromatic carbocycles. The van der Waals surface area contributed by atoms with Gasteiger partial charge < -0.3 is 15.0 Å². The molecule has 1 N–H and O–H groups in total. The van der Waals surface area contributed by atoms with Crippen molar-refractivity contribution in [2.24, 2.45) is 0 Å². The van der Waals surface area contributed by atoms with Crippen molar-refractivity contribution in [1.29, 1.82) is 0 Å². The number of ether oxygens (including phenoxy) is 1. The first-order chi connectivity index (χ1) is 18.2. The zero-order chi connectivity index (χ0) is 26.8. The second kappa shape index (κ2) is 9.21. The lowest BCUT2D eigenvalue weighted by Gasteiger charge is -2.41. The van der Waals surface area contributed by atoms with Crippen LogP contribution >= 0.6 is 24.0 Å². The van der Waals surface area contributed by atoms with Crippen LogP contribution in [0.3, 0.4) is 0 Å². The zero-order valence-corrected chi connectivity index (χ0v) is 23.0. The Morgan fingerprint density at radius 1 is 1.08 bits per heavy atom. The van der Waals surface area contributed by atoms with Gasteiger partial charge in [0.1, 0.15) is 15.9 Å². The van der Waals surface area contributed by atoms with Crippen LogP contribution in [0.1, 0.15) is 25.0 Å². The van der Waals surface area contributed by atoms with Crippen LogP contribution in [-0.4, -0.2) is 66.4 Å². The molecule has 4 heterocycles. The molecule has 2 fully saturated rings. The van der Waals surface area contributed by atoms with Crippen LogP contribution in [0.5, 0.6) is 5.75 Å². The first-order valence-electron chi connectivity index (χ1n) is 12.5. The maximum absolute atomic E-state index is 13.8. The predicted octanol–water partition coefficient (Wildman–Crippen LogP) is 4.04. The van der Waals surface area contributed by atoms with Crippen LogP contribution in [0.4, 0.5) is 15.8 Å². The summed E-state index contributed by atoms with van der Waals surface area (Å²) >= 11 is 6.33. The van der Waals surface area contributed by atoms with Gasteiger partial charge in [-0.05, 0) is 55.8 Å². The van der Waals surface area contributed by atoms with Crippen LogP contribution in [-0.2, 0) is 9.59 Å². The maximum atomic E-state index is 13.8. The molecular weight excluding hydrogens is 523 g/mol. The SMILES string of the molecule is COc1cc2c3c(c1)/C(=C1/SC(=S)NC1=O)C(=O)N3C(C)(C)C=C2CN1CCN(c2ccc(F)cc2)CC1. The van der Waals surface area contributed by atoms with Crippen molar-refractivity contribution < 1.29 is 18.7 Å². The summed E-state index contributed by atoms with van der Waals surface area (Å²) in [6.45, 7) is 8.15. The number of carbonyl (C=O) groups excluding carboxylic acids is 2. The van der Waals surface area contributed by atoms with Gasteiger partial charge in [-0.1, -0.05) is 30.1 Å². The Hall–Kier alpha value is -3.21. The molecule has 10 heteroatoms. The summed E-state index contributed by atoms with van der Waals surface area (Å²) in [7, 11) is 1.60. The number of thioether (sulfide) groups is 1. The fourth-order valence-corrected chi connectivity index (χ4v) is 6.85. The van der Waals surface area contributed by atoms with Crippen molar-refractivity contribution in [3.63, 3.8) is 0 Å². The van der Waals surface area contributed by atoms with Gasteiger partial charge in [-0.2, -0.15) is 0 Å². The van der Waals surface area contributed by atoms with Gasteiger partial charge in [0, 0.05) is 49.5 Å². The second-order valence-electron chi connectivity index (χ2n) is 10.3. The maximum Gasteiger partial charge on any atom is 0.264 e. The number of hydrogen-bond acceptors (Lipinski definition) is 7. The van der Waals surface area contributed by atoms with Crippen molar-refractivity contribution in [3.05, 3.63) is 64.3 Å². The second-order valence-corrected chi connectivity index (χ2v) is 12.0. The molecule has 6 rings (SSSR count). The third kappa shape index (κ3) is 4.11. The third-order valence-electron chi connectivity index (χ3n) is 7.48. The number of nitrogens with one attached hydrogen (secondary N) is 1. The minimum atomic E-state index is -0.596. The molecule has 0 bridgehead atoms. The van der Waals surface area contributed by atoms with E-state index in [1.807, 2.05) is 38.1 Å². The molecule has 0 aliphatic carbocycles. The van der Waals surface area contributed by atoms with E-state index in [0.29, 0.717) is 32.7 Å². The lowest BCUT2D eigenvalue weighted by atomic mass is 9.87. The van der Waals surface area contributed by atoms with Gasteiger partial charge in [-0.15, -0.1) is 0 Å². The van der Waals surface area contributed by atoms with Crippen molar-refractivity contribution in [2.75, 3.05) is 49.6 Å². The minimum Gasteiger partial charge on any atom is -0.497 e. The van der Waals surface area contributed by atoms with E-state index in [4.69, 9.17) is 17.0 Å². The van der Waals surface area contributed by atoms with Crippen molar-refractivity contribution in [3.8, 4) is 5.75 Å². The summed E-state index contributed by atoms with van der Waals surface area (Å²) in [6, 6.07) is 10.5. The van der Waals surface area contributed by atoms with Crippen molar-refractivity contribution in [2.45, 2.75) is 19.4 Å². The number of rotatable bonds is 4. The van der Waals surface area contributed by atoms with Crippen molar-refractivity contribution in [1.82, 2.24) is 10.2 Å². The van der Waals surface area contributed by atoms with Gasteiger partial charge in [0.15, 0.2) is 0 Å². The Kier molecular flexibility index (Phi) is 6.08. The predicted molar refractivity (Wildman–Crippen MR) is 153 cm³/mol. The molecule has 0 saturated carbocycles. The number of anilines is 2. The highest BCUT2D eigenvalue weighted by molar-refractivity contribution is 8.27. The number of halogens is 1. The molecule has 0 atom stereocenters. The standard InChI is InChI=1S/C28H27FN4O3S2/c1-28(2)14-16(15-31-8-10-32(11-9-31)18-6-4-17(29)5-7-18)20-12-19(36-3)13-21-22(26(35)33(28)23(20)21)24-25(34)30-27(37)38-24/h4-7,12-14H,8-11,15H2,1-3H3,(H,30,34,37)/b24-22-. The number of hydrogen-bond donors (Lipinski definition) is 1. The molecule has 0 spiro atoms. The van der Waals surface area contributed by atoms with Gasteiger partial charge >= 0.3 is 0 Å². The van der Waals surface area contributed by atoms with Crippen molar-refractivity contribution >= 4 is 62.6 Å². The van der Waals surface area contributed by atoms with E-state index in [1.165, 1.54) is 12.1 Å². The lowest BCUT2D eigenvalue weighted by Crippen LogP contribution is -2.49. The van der Waals surface area contributed by atoms with E-state index in [0.717, 1.165) is 60.5 Å². The molecule has 2 amide bonds. The van der Waals surface area contributed by atoms with Gasteiger partial charge in [-0.25, -0.2) is 4.39 Å². The summed E-state index contributed by atoms with van der Waals surface area (Å²) in [4.78, 5) is 33.3. The average molecular weight is 551 g/mol. The summed E-state index contributed by atoms with van der Waals surface area (Å²) in [5, 5.41) is 2.64. The Morgan fingerprint density at radius 2 is 1.76 bits per heavy atom. The van der Waals surface area contributed by atoms with Gasteiger partial charge in [0.05, 0.1) is 28.8 Å². The molecule has 4 aliphatic rings. The third-order valence-corrected chi connectivity index (χ3v) is 8.71. The molecule has 0 unspecified atom stereocenters. The van der Waals surface area contributed by atoms with E-state index >= 15 is 0 Å². The fourth-order valence-electron chi connectivity index (χ4n) is 5.74. The van der Waals surface area contributed by atoms with E-state index in [2.05, 4.69) is 21.2 Å². The van der Waals surface area contributed by atoms with Gasteiger partial charge in [-0.3, -0.25) is 19.4 Å². The number of carbonyl (C=O) groups is 2. The number of thiocarbonyl (C=S) groups is 1. The van der Waals surface area contributed by atoms with Crippen LogP contribution < -0.4 is 19.9 Å². The summed E-state index contributed by atoms with van der Waals surface area (Å²) in [5.74, 6) is -0.148. The smallest absolute Gasteiger partial charge is 0.264 e. The average Bonchev–Trinajstić information content (AvgIpc) is 3.37. The quantitative estimate of drug-likeness (QED) is 0.456. The summed E-state index contributed by atoms with van der Waals surface area (Å²) < 4.78 is 19.3. The highest BCUT2D eigenvalue weighted by atomic mass is 32.2. The normalized spacial score (nSPS) is 22.5. The van der Waals surface area contributed by atoms with Crippen LogP contribution in [0.2, 0.25) is 0 Å². The minimum absolute atomic E-state index is 0.204. The molecule has 38 heavy (non-hydrogen) atoms. The molecular formula is C28H27FN4O3S2. The van der Waals surface area contributed by atoms with Crippen LogP contribution in [0.15, 0.2) is 47.4 Å². The molecule has 2 saturated heterocycles. The molecule has 4 aliphatic heterocycles. The van der Waals surface area contributed by atoms with Gasteiger partial charge in [0.25, 0.3) is 11.8 Å². The largest absolute Gasteiger partial charge is 0.497 e. The number of amides is 2. The summed E-state index contributed by atoms with van der Waals surface area (Å²) in [5.41, 5.74) is 4.38. The Bertz CT molecular complexity index is 1440. The molecule has 196 valence electrons. The van der Waals surface area contributed by atoms with E-state index in [1.54, 1.807) is 12.0 Å². The molecule has 2 aromatic rings. The lowest BCUT2D eigenvalue weighted by molar-refractivity contribution is -0.116. The Labute approximate surface area is 230 Å². The highest BCUT2D eigenvalue weighted by Gasteiger charge is 2.48.